The second kappa shape index (κ2) is 10.1. The number of nitrogens with zero attached hydrogens (tertiary/aromatic N) is 2. The first-order chi connectivity index (χ1) is 9.38. The smallest absolute Gasteiger partial charge is 0.323 e. The molecule has 0 saturated carbocycles. The molecule has 2 N–H and O–H groups in total. The van der Waals surface area contributed by atoms with Gasteiger partial charge in [-0.05, 0) is 40.3 Å². The van der Waals surface area contributed by atoms with Crippen LogP contribution in [0.1, 0.15) is 26.7 Å². The van der Waals surface area contributed by atoms with Gasteiger partial charge in [-0.25, -0.2) is 4.79 Å². The molecule has 0 atom stereocenters. The summed E-state index contributed by atoms with van der Waals surface area (Å²) in [6.07, 6.45) is 6.93. The largest absolute Gasteiger partial charge is 0.480 e. The third-order valence-corrected chi connectivity index (χ3v) is 2.99. The molecule has 0 aromatic heterocycles. The number of hydrogen-bond donors (Lipinski definition) is 2. The molecule has 0 aromatic rings. The van der Waals surface area contributed by atoms with Crippen LogP contribution in [-0.2, 0) is 4.79 Å². The predicted molar refractivity (Wildman–Crippen MR) is 78.4 cm³/mol. The second-order valence-corrected chi connectivity index (χ2v) is 4.97. The maximum atomic E-state index is 11.7. The molecule has 0 radical (unpaired) electrons. The maximum Gasteiger partial charge on any atom is 0.323 e. The highest BCUT2D eigenvalue weighted by Gasteiger charge is 2.14. The molecule has 0 aliphatic rings. The molecule has 0 rings (SSSR count). The van der Waals surface area contributed by atoms with E-state index in [1.807, 2.05) is 0 Å². The number of carboxylic acids is 1. The number of carbonyl (C=O) groups is 2. The van der Waals surface area contributed by atoms with Crippen LogP contribution in [0.25, 0.3) is 0 Å². The number of unbranched alkanes of at least 4 members (excludes halogenated alkanes) is 1. The van der Waals surface area contributed by atoms with Gasteiger partial charge in [0, 0.05) is 12.6 Å². The molecule has 0 saturated heterocycles. The lowest BCUT2D eigenvalue weighted by atomic mass is 10.2. The van der Waals surface area contributed by atoms with Crippen molar-refractivity contribution < 1.29 is 14.7 Å². The van der Waals surface area contributed by atoms with Crippen molar-refractivity contribution in [2.24, 2.45) is 0 Å². The van der Waals surface area contributed by atoms with Crippen LogP contribution in [0.2, 0.25) is 0 Å². The van der Waals surface area contributed by atoms with E-state index in [-0.39, 0.29) is 13.1 Å². The number of urea groups is 1. The first-order valence-electron chi connectivity index (χ1n) is 6.76. The van der Waals surface area contributed by atoms with Crippen molar-refractivity contribution in [1.29, 1.82) is 0 Å². The quantitative estimate of drug-likeness (QED) is 0.486. The van der Waals surface area contributed by atoms with Crippen LogP contribution in [0.4, 0.5) is 4.79 Å². The zero-order valence-electron chi connectivity index (χ0n) is 12.6. The number of aliphatic carboxylic acids is 1. The van der Waals surface area contributed by atoms with Gasteiger partial charge in [-0.15, -0.1) is 6.42 Å². The van der Waals surface area contributed by atoms with Gasteiger partial charge in [0.15, 0.2) is 0 Å². The van der Waals surface area contributed by atoms with E-state index in [1.54, 1.807) is 0 Å². The molecule has 0 aliphatic heterocycles. The van der Waals surface area contributed by atoms with Gasteiger partial charge in [0.05, 0.1) is 6.54 Å². The number of carboxylic acid groups (broad SMARTS) is 1. The van der Waals surface area contributed by atoms with Crippen molar-refractivity contribution >= 4 is 12.0 Å². The van der Waals surface area contributed by atoms with Gasteiger partial charge in [-0.2, -0.15) is 0 Å². The molecule has 6 heteroatoms. The van der Waals surface area contributed by atoms with E-state index in [1.165, 1.54) is 0 Å². The fourth-order valence-electron chi connectivity index (χ4n) is 1.52. The van der Waals surface area contributed by atoms with Gasteiger partial charge >= 0.3 is 12.0 Å². The Morgan fingerprint density at radius 1 is 1.35 bits per heavy atom. The molecular formula is C14H25N3O3. The topological polar surface area (TPSA) is 72.9 Å². The Morgan fingerprint density at radius 2 is 2.00 bits per heavy atom. The van der Waals surface area contributed by atoms with E-state index >= 15 is 0 Å². The average Bonchev–Trinajstić information content (AvgIpc) is 2.36. The number of nitrogens with one attached hydrogen (secondary N) is 1. The van der Waals surface area contributed by atoms with E-state index in [2.05, 4.69) is 37.0 Å². The van der Waals surface area contributed by atoms with Crippen LogP contribution >= 0.6 is 0 Å². The summed E-state index contributed by atoms with van der Waals surface area (Å²) in [5, 5.41) is 11.4. The summed E-state index contributed by atoms with van der Waals surface area (Å²) in [6, 6.07) is 0.0776. The van der Waals surface area contributed by atoms with E-state index in [9.17, 15) is 9.59 Å². The molecule has 20 heavy (non-hydrogen) atoms. The molecular weight excluding hydrogens is 258 g/mol. The Hall–Kier alpha value is -1.74. The molecule has 0 unspecified atom stereocenters. The van der Waals surface area contributed by atoms with Crippen LogP contribution in [-0.4, -0.2) is 66.2 Å². The molecule has 0 spiro atoms. The summed E-state index contributed by atoms with van der Waals surface area (Å²) in [7, 11) is 2.06. The van der Waals surface area contributed by atoms with Crippen molar-refractivity contribution in [1.82, 2.24) is 15.1 Å². The third-order valence-electron chi connectivity index (χ3n) is 2.99. The molecule has 114 valence electrons. The first kappa shape index (κ1) is 18.3. The highest BCUT2D eigenvalue weighted by Crippen LogP contribution is 1.97. The zero-order valence-corrected chi connectivity index (χ0v) is 12.6. The molecule has 0 fully saturated rings. The van der Waals surface area contributed by atoms with Crippen molar-refractivity contribution in [3.05, 3.63) is 0 Å². The first-order valence-corrected chi connectivity index (χ1v) is 6.76. The fourth-order valence-corrected chi connectivity index (χ4v) is 1.52. The normalized spacial score (nSPS) is 10.4. The van der Waals surface area contributed by atoms with Crippen LogP contribution in [0.15, 0.2) is 0 Å². The summed E-state index contributed by atoms with van der Waals surface area (Å²) in [4.78, 5) is 25.7. The molecule has 0 aromatic carbocycles. The lowest BCUT2D eigenvalue weighted by Gasteiger charge is -2.21. The minimum atomic E-state index is -1.08. The number of hydrogen-bond acceptors (Lipinski definition) is 3. The SMILES string of the molecule is C#CCN(CC(=O)O)C(=O)NCCCCN(C)C(C)C. The maximum absolute atomic E-state index is 11.7. The number of rotatable bonds is 9. The van der Waals surface area contributed by atoms with Crippen LogP contribution in [0.5, 0.6) is 0 Å². The van der Waals surface area contributed by atoms with Crippen molar-refractivity contribution in [3.63, 3.8) is 0 Å². The van der Waals surface area contributed by atoms with Gasteiger partial charge in [0.25, 0.3) is 0 Å². The van der Waals surface area contributed by atoms with Crippen LogP contribution in [0, 0.1) is 12.3 Å². The van der Waals surface area contributed by atoms with Crippen molar-refractivity contribution in [3.8, 4) is 12.3 Å². The molecule has 6 nitrogen and oxygen atoms in total. The van der Waals surface area contributed by atoms with E-state index in [0.717, 1.165) is 24.3 Å². The lowest BCUT2D eigenvalue weighted by Crippen LogP contribution is -2.43. The Bertz CT molecular complexity index is 350. The summed E-state index contributed by atoms with van der Waals surface area (Å²) >= 11 is 0. The van der Waals surface area contributed by atoms with E-state index < -0.39 is 12.0 Å². The summed E-state index contributed by atoms with van der Waals surface area (Å²) < 4.78 is 0. The summed E-state index contributed by atoms with van der Waals surface area (Å²) in [6.45, 7) is 5.36. The Morgan fingerprint density at radius 3 is 2.50 bits per heavy atom. The fraction of sp³-hybridized carbons (Fsp3) is 0.714. The molecule has 0 aliphatic carbocycles. The van der Waals surface area contributed by atoms with E-state index in [0.29, 0.717) is 12.6 Å². The minimum absolute atomic E-state index is 0.00573. The van der Waals surface area contributed by atoms with Gasteiger partial charge in [-0.1, -0.05) is 5.92 Å². The second-order valence-electron chi connectivity index (χ2n) is 4.97. The van der Waals surface area contributed by atoms with Gasteiger partial charge in [0.2, 0.25) is 0 Å². The Kier molecular flexibility index (Phi) is 9.22. The third kappa shape index (κ3) is 8.38. The summed E-state index contributed by atoms with van der Waals surface area (Å²) in [5.41, 5.74) is 0. The highest BCUT2D eigenvalue weighted by atomic mass is 16.4. The average molecular weight is 283 g/mol. The lowest BCUT2D eigenvalue weighted by molar-refractivity contribution is -0.137. The number of carbonyl (C=O) groups excluding carboxylic acids is 1. The number of terminal acetylenes is 1. The minimum Gasteiger partial charge on any atom is -0.480 e. The Balaban J connectivity index is 3.90. The molecule has 2 amide bonds. The van der Waals surface area contributed by atoms with Gasteiger partial charge in [-0.3, -0.25) is 4.79 Å². The zero-order chi connectivity index (χ0) is 15.5. The van der Waals surface area contributed by atoms with Crippen LogP contribution < -0.4 is 5.32 Å². The van der Waals surface area contributed by atoms with Crippen molar-refractivity contribution in [2.45, 2.75) is 32.7 Å². The molecule has 0 heterocycles. The highest BCUT2D eigenvalue weighted by molar-refractivity contribution is 5.80. The standard InChI is InChI=1S/C14H25N3O3/c1-5-9-17(11-13(18)19)14(20)15-8-6-7-10-16(4)12(2)3/h1,12H,6-11H2,2-4H3,(H,15,20)(H,18,19). The molecule has 0 bridgehead atoms. The monoisotopic (exact) mass is 283 g/mol. The van der Waals surface area contributed by atoms with Gasteiger partial charge < -0.3 is 20.2 Å². The van der Waals surface area contributed by atoms with Gasteiger partial charge in [0.1, 0.15) is 6.54 Å². The predicted octanol–water partition coefficient (Wildman–Crippen LogP) is 0.836. The Labute approximate surface area is 121 Å². The van der Waals surface area contributed by atoms with Crippen molar-refractivity contribution in [2.75, 3.05) is 33.2 Å². The van der Waals surface area contributed by atoms with Crippen LogP contribution in [0.3, 0.4) is 0 Å². The van der Waals surface area contributed by atoms with E-state index in [4.69, 9.17) is 11.5 Å². The number of amides is 2. The summed E-state index contributed by atoms with van der Waals surface area (Å²) in [5.74, 6) is 1.20.